The van der Waals surface area contributed by atoms with Gasteiger partial charge in [-0.1, -0.05) is 23.7 Å². The molecule has 84 valence electrons. The summed E-state index contributed by atoms with van der Waals surface area (Å²) in [6, 6.07) is 7.28. The van der Waals surface area contributed by atoms with Gasteiger partial charge < -0.3 is 0 Å². The standard InChI is InChI=1S/C10H14ClNO2S/c1-8(12-15(2,13)14)6-9-4-3-5-10(11)7-9/h3-5,7-8,12H,6H2,1-2H3. The second-order valence-corrected chi connectivity index (χ2v) is 5.84. The number of nitrogens with one attached hydrogen (secondary N) is 1. The number of hydrogen-bond acceptors (Lipinski definition) is 2. The second-order valence-electron chi connectivity index (χ2n) is 3.63. The predicted molar refractivity (Wildman–Crippen MR) is 62.6 cm³/mol. The summed E-state index contributed by atoms with van der Waals surface area (Å²) in [5.41, 5.74) is 1.02. The van der Waals surface area contributed by atoms with Crippen molar-refractivity contribution in [3.05, 3.63) is 34.9 Å². The molecule has 1 unspecified atom stereocenters. The lowest BCUT2D eigenvalue weighted by molar-refractivity contribution is 0.565. The third kappa shape index (κ3) is 5.16. The first-order chi connectivity index (χ1) is 6.87. The lowest BCUT2D eigenvalue weighted by Gasteiger charge is -2.12. The average molecular weight is 248 g/mol. The highest BCUT2D eigenvalue weighted by atomic mass is 35.5. The van der Waals surface area contributed by atoms with Crippen molar-refractivity contribution in [2.24, 2.45) is 0 Å². The largest absolute Gasteiger partial charge is 0.213 e. The molecule has 5 heteroatoms. The van der Waals surface area contributed by atoms with Gasteiger partial charge in [0.05, 0.1) is 6.26 Å². The van der Waals surface area contributed by atoms with Crippen molar-refractivity contribution in [3.8, 4) is 0 Å². The van der Waals surface area contributed by atoms with E-state index in [1.165, 1.54) is 0 Å². The highest BCUT2D eigenvalue weighted by molar-refractivity contribution is 7.88. The summed E-state index contributed by atoms with van der Waals surface area (Å²) in [5, 5.41) is 0.666. The van der Waals surface area contributed by atoms with E-state index in [4.69, 9.17) is 11.6 Å². The fourth-order valence-corrected chi connectivity index (χ4v) is 2.45. The molecule has 0 saturated carbocycles. The molecule has 0 bridgehead atoms. The van der Waals surface area contributed by atoms with Gasteiger partial charge in [0.15, 0.2) is 0 Å². The van der Waals surface area contributed by atoms with E-state index in [1.807, 2.05) is 25.1 Å². The number of halogens is 1. The van der Waals surface area contributed by atoms with E-state index < -0.39 is 10.0 Å². The molecule has 0 amide bonds. The minimum atomic E-state index is -3.14. The first kappa shape index (κ1) is 12.5. The molecule has 0 spiro atoms. The Morgan fingerprint density at radius 1 is 1.47 bits per heavy atom. The van der Waals surface area contributed by atoms with E-state index in [2.05, 4.69) is 4.72 Å². The van der Waals surface area contributed by atoms with Crippen LogP contribution in [0.4, 0.5) is 0 Å². The summed E-state index contributed by atoms with van der Waals surface area (Å²) >= 11 is 5.82. The Morgan fingerprint density at radius 2 is 2.13 bits per heavy atom. The SMILES string of the molecule is CC(Cc1cccc(Cl)c1)NS(C)(=O)=O. The Balaban J connectivity index is 2.63. The van der Waals surface area contributed by atoms with Crippen molar-refractivity contribution >= 4 is 21.6 Å². The zero-order valence-corrected chi connectivity index (χ0v) is 10.3. The minimum Gasteiger partial charge on any atom is -0.213 e. The van der Waals surface area contributed by atoms with Gasteiger partial charge in [0, 0.05) is 11.1 Å². The van der Waals surface area contributed by atoms with Crippen LogP contribution in [0, 0.1) is 0 Å². The Hall–Kier alpha value is -0.580. The normalized spacial score (nSPS) is 13.8. The number of benzene rings is 1. The number of rotatable bonds is 4. The van der Waals surface area contributed by atoms with Crippen molar-refractivity contribution in [1.82, 2.24) is 4.72 Å². The van der Waals surface area contributed by atoms with Gasteiger partial charge in [-0.15, -0.1) is 0 Å². The molecule has 1 aromatic carbocycles. The maximum absolute atomic E-state index is 11.0. The fourth-order valence-electron chi connectivity index (χ4n) is 1.42. The van der Waals surface area contributed by atoms with E-state index in [0.29, 0.717) is 11.4 Å². The smallest absolute Gasteiger partial charge is 0.208 e. The Labute approximate surface area is 95.5 Å². The third-order valence-electron chi connectivity index (χ3n) is 1.85. The van der Waals surface area contributed by atoms with Crippen molar-refractivity contribution < 1.29 is 8.42 Å². The van der Waals surface area contributed by atoms with Gasteiger partial charge in [-0.05, 0) is 31.0 Å². The molecule has 3 nitrogen and oxygen atoms in total. The maximum atomic E-state index is 11.0. The summed E-state index contributed by atoms with van der Waals surface area (Å²) in [4.78, 5) is 0. The van der Waals surface area contributed by atoms with Crippen LogP contribution in [0.5, 0.6) is 0 Å². The second kappa shape index (κ2) is 4.96. The molecule has 0 radical (unpaired) electrons. The van der Waals surface area contributed by atoms with Crippen molar-refractivity contribution in [3.63, 3.8) is 0 Å². The molecular formula is C10H14ClNO2S. The monoisotopic (exact) mass is 247 g/mol. The first-order valence-corrected chi connectivity index (χ1v) is 6.85. The van der Waals surface area contributed by atoms with E-state index in [1.54, 1.807) is 6.07 Å². The molecule has 0 aliphatic heterocycles. The van der Waals surface area contributed by atoms with Crippen molar-refractivity contribution in [2.45, 2.75) is 19.4 Å². The molecule has 0 aliphatic rings. The summed E-state index contributed by atoms with van der Waals surface area (Å²) < 4.78 is 24.4. The fraction of sp³-hybridized carbons (Fsp3) is 0.400. The zero-order valence-electron chi connectivity index (χ0n) is 8.70. The van der Waals surface area contributed by atoms with Gasteiger partial charge in [-0.3, -0.25) is 0 Å². The quantitative estimate of drug-likeness (QED) is 0.882. The molecular weight excluding hydrogens is 234 g/mol. The van der Waals surface area contributed by atoms with Crippen LogP contribution in [0.25, 0.3) is 0 Å². The molecule has 1 rings (SSSR count). The van der Waals surface area contributed by atoms with Crippen molar-refractivity contribution in [1.29, 1.82) is 0 Å². The lowest BCUT2D eigenvalue weighted by Crippen LogP contribution is -2.33. The van der Waals surface area contributed by atoms with Gasteiger partial charge in [0.1, 0.15) is 0 Å². The molecule has 0 aromatic heterocycles. The molecule has 15 heavy (non-hydrogen) atoms. The minimum absolute atomic E-state index is 0.126. The van der Waals surface area contributed by atoms with Crippen molar-refractivity contribution in [2.75, 3.05) is 6.26 Å². The van der Waals surface area contributed by atoms with E-state index in [-0.39, 0.29) is 6.04 Å². The number of hydrogen-bond donors (Lipinski definition) is 1. The van der Waals surface area contributed by atoms with Crippen LogP contribution in [-0.4, -0.2) is 20.7 Å². The Bertz CT molecular complexity index is 431. The molecule has 1 atom stereocenters. The summed E-state index contributed by atoms with van der Waals surface area (Å²) in [6.45, 7) is 1.82. The van der Waals surface area contributed by atoms with E-state index >= 15 is 0 Å². The third-order valence-corrected chi connectivity index (χ3v) is 2.91. The van der Waals surface area contributed by atoms with Gasteiger partial charge >= 0.3 is 0 Å². The van der Waals surface area contributed by atoms with Gasteiger partial charge in [0.2, 0.25) is 10.0 Å². The van der Waals surface area contributed by atoms with Crippen LogP contribution in [-0.2, 0) is 16.4 Å². The molecule has 1 aromatic rings. The Kier molecular flexibility index (Phi) is 4.13. The lowest BCUT2D eigenvalue weighted by atomic mass is 10.1. The van der Waals surface area contributed by atoms with Crippen LogP contribution < -0.4 is 4.72 Å². The van der Waals surface area contributed by atoms with E-state index in [9.17, 15) is 8.42 Å². The molecule has 0 saturated heterocycles. The van der Waals surface area contributed by atoms with Crippen LogP contribution in [0.2, 0.25) is 5.02 Å². The maximum Gasteiger partial charge on any atom is 0.208 e. The van der Waals surface area contributed by atoms with Gasteiger partial charge in [-0.25, -0.2) is 13.1 Å². The zero-order chi connectivity index (χ0) is 11.5. The molecule has 1 N–H and O–H groups in total. The highest BCUT2D eigenvalue weighted by Crippen LogP contribution is 2.12. The number of sulfonamides is 1. The highest BCUT2D eigenvalue weighted by Gasteiger charge is 2.09. The molecule has 0 heterocycles. The van der Waals surface area contributed by atoms with Gasteiger partial charge in [-0.2, -0.15) is 0 Å². The average Bonchev–Trinajstić information content (AvgIpc) is 1.99. The van der Waals surface area contributed by atoms with E-state index in [0.717, 1.165) is 11.8 Å². The Morgan fingerprint density at radius 3 is 2.67 bits per heavy atom. The molecule has 0 aliphatic carbocycles. The molecule has 0 fully saturated rings. The summed E-state index contributed by atoms with van der Waals surface area (Å²) in [7, 11) is -3.14. The summed E-state index contributed by atoms with van der Waals surface area (Å²) in [5.74, 6) is 0. The van der Waals surface area contributed by atoms with Crippen LogP contribution in [0.15, 0.2) is 24.3 Å². The van der Waals surface area contributed by atoms with Gasteiger partial charge in [0.25, 0.3) is 0 Å². The van der Waals surface area contributed by atoms with Crippen LogP contribution in [0.1, 0.15) is 12.5 Å². The van der Waals surface area contributed by atoms with Crippen LogP contribution in [0.3, 0.4) is 0 Å². The first-order valence-electron chi connectivity index (χ1n) is 4.58. The predicted octanol–water partition coefficient (Wildman–Crippen LogP) is 1.82. The topological polar surface area (TPSA) is 46.2 Å². The summed E-state index contributed by atoms with van der Waals surface area (Å²) in [6.07, 6.45) is 1.79. The van der Waals surface area contributed by atoms with Crippen LogP contribution >= 0.6 is 11.6 Å².